The molecule has 0 spiro atoms. The van der Waals surface area contributed by atoms with Crippen LogP contribution in [0.2, 0.25) is 0 Å². The Bertz CT molecular complexity index is 587. The Kier molecular flexibility index (Phi) is 10.6. The molecule has 2 N–H and O–H groups in total. The van der Waals surface area contributed by atoms with Gasteiger partial charge in [0.15, 0.2) is 5.96 Å². The smallest absolute Gasteiger partial charge is 0.309 e. The van der Waals surface area contributed by atoms with Crippen molar-refractivity contribution in [1.29, 1.82) is 0 Å². The maximum atomic E-state index is 11.9. The fourth-order valence-corrected chi connectivity index (χ4v) is 3.04. The van der Waals surface area contributed by atoms with E-state index in [-0.39, 0.29) is 42.5 Å². The zero-order valence-electron chi connectivity index (χ0n) is 15.6. The predicted octanol–water partition coefficient (Wildman–Crippen LogP) is 2.54. The van der Waals surface area contributed by atoms with Crippen molar-refractivity contribution in [3.8, 4) is 0 Å². The number of nitrogens with zero attached hydrogens (tertiary/aromatic N) is 2. The van der Waals surface area contributed by atoms with Crippen LogP contribution in [0.1, 0.15) is 37.8 Å². The Labute approximate surface area is 173 Å². The molecule has 26 heavy (non-hydrogen) atoms. The quantitative estimate of drug-likeness (QED) is 0.286. The Morgan fingerprint density at radius 2 is 1.92 bits per heavy atom. The molecule has 1 aliphatic rings. The van der Waals surface area contributed by atoms with E-state index in [1.165, 1.54) is 0 Å². The maximum absolute atomic E-state index is 11.9. The first-order valence-electron chi connectivity index (χ1n) is 9.07. The lowest BCUT2D eigenvalue weighted by atomic mass is 9.97. The van der Waals surface area contributed by atoms with E-state index in [1.54, 1.807) is 0 Å². The molecule has 0 saturated carbocycles. The molecule has 0 aromatic heterocycles. The molecule has 1 heterocycles. The number of hydrogen-bond acceptors (Lipinski definition) is 4. The van der Waals surface area contributed by atoms with E-state index in [2.05, 4.69) is 10.2 Å². The number of piperidine rings is 1. The van der Waals surface area contributed by atoms with E-state index in [4.69, 9.17) is 9.73 Å². The standard InChI is InChI=1S/C19H29N3O3.HI/c1-3-20-19(21-13-16-7-5-6-8-17(16)14-23)22-11-9-15(10-12-22)18(24)25-4-2;/h5-8,15,23H,3-4,9-14H2,1-2H3,(H,20,21);1H. The molecular formula is C19H30IN3O3. The minimum absolute atomic E-state index is 0. The van der Waals surface area contributed by atoms with Crippen LogP contribution in [0.15, 0.2) is 29.3 Å². The minimum atomic E-state index is -0.0824. The average Bonchev–Trinajstić information content (AvgIpc) is 2.65. The number of ether oxygens (including phenoxy) is 1. The summed E-state index contributed by atoms with van der Waals surface area (Å²) in [5.74, 6) is 0.771. The summed E-state index contributed by atoms with van der Waals surface area (Å²) in [6.45, 7) is 7.24. The molecule has 1 aromatic carbocycles. The molecule has 0 bridgehead atoms. The molecule has 146 valence electrons. The maximum Gasteiger partial charge on any atom is 0.309 e. The van der Waals surface area contributed by atoms with E-state index in [0.29, 0.717) is 13.2 Å². The molecule has 0 aliphatic carbocycles. The van der Waals surface area contributed by atoms with Gasteiger partial charge in [0, 0.05) is 19.6 Å². The van der Waals surface area contributed by atoms with Gasteiger partial charge >= 0.3 is 5.97 Å². The normalized spacial score (nSPS) is 15.3. The van der Waals surface area contributed by atoms with Crippen LogP contribution in [0.5, 0.6) is 0 Å². The summed E-state index contributed by atoms with van der Waals surface area (Å²) in [5, 5.41) is 12.8. The number of nitrogens with one attached hydrogen (secondary N) is 1. The highest BCUT2D eigenvalue weighted by Gasteiger charge is 2.27. The minimum Gasteiger partial charge on any atom is -0.466 e. The molecule has 1 fully saturated rings. The van der Waals surface area contributed by atoms with Crippen molar-refractivity contribution in [2.75, 3.05) is 26.2 Å². The Balaban J connectivity index is 0.00000338. The van der Waals surface area contributed by atoms with Crippen molar-refractivity contribution < 1.29 is 14.6 Å². The van der Waals surface area contributed by atoms with Crippen LogP contribution in [0.4, 0.5) is 0 Å². The Hall–Kier alpha value is -1.35. The van der Waals surface area contributed by atoms with E-state index in [9.17, 15) is 9.90 Å². The number of likely N-dealkylation sites (tertiary alicyclic amines) is 1. The second kappa shape index (κ2) is 12.1. The highest BCUT2D eigenvalue weighted by molar-refractivity contribution is 14.0. The number of esters is 1. The van der Waals surface area contributed by atoms with Crippen LogP contribution in [0.25, 0.3) is 0 Å². The third kappa shape index (κ3) is 6.42. The monoisotopic (exact) mass is 475 g/mol. The van der Waals surface area contributed by atoms with Crippen molar-refractivity contribution in [2.24, 2.45) is 10.9 Å². The summed E-state index contributed by atoms with van der Waals surface area (Å²) < 4.78 is 5.13. The lowest BCUT2D eigenvalue weighted by Gasteiger charge is -2.33. The van der Waals surface area contributed by atoms with Gasteiger partial charge in [0.25, 0.3) is 0 Å². The topological polar surface area (TPSA) is 74.2 Å². The van der Waals surface area contributed by atoms with Crippen molar-refractivity contribution in [3.63, 3.8) is 0 Å². The Morgan fingerprint density at radius 1 is 1.27 bits per heavy atom. The number of benzene rings is 1. The third-order valence-electron chi connectivity index (χ3n) is 4.44. The SMILES string of the molecule is CCNC(=NCc1ccccc1CO)N1CCC(C(=O)OCC)CC1.I. The number of carbonyl (C=O) groups excluding carboxylic acids is 1. The number of aliphatic hydroxyl groups excluding tert-OH is 1. The molecule has 1 aliphatic heterocycles. The van der Waals surface area contributed by atoms with E-state index in [1.807, 2.05) is 38.1 Å². The van der Waals surface area contributed by atoms with Crippen LogP contribution >= 0.6 is 24.0 Å². The molecule has 0 amide bonds. The number of aliphatic hydroxyl groups is 1. The molecule has 1 saturated heterocycles. The highest BCUT2D eigenvalue weighted by Crippen LogP contribution is 2.19. The summed E-state index contributed by atoms with van der Waals surface area (Å²) >= 11 is 0. The van der Waals surface area contributed by atoms with E-state index in [0.717, 1.165) is 49.6 Å². The molecule has 2 rings (SSSR count). The third-order valence-corrected chi connectivity index (χ3v) is 4.44. The number of rotatable bonds is 6. The van der Waals surface area contributed by atoms with Gasteiger partial charge in [-0.3, -0.25) is 4.79 Å². The van der Waals surface area contributed by atoms with Crippen molar-refractivity contribution in [2.45, 2.75) is 39.8 Å². The van der Waals surface area contributed by atoms with Gasteiger partial charge in [0.2, 0.25) is 0 Å². The zero-order valence-corrected chi connectivity index (χ0v) is 17.9. The van der Waals surface area contributed by atoms with Crippen LogP contribution in [0, 0.1) is 5.92 Å². The van der Waals surface area contributed by atoms with Crippen LogP contribution in [-0.4, -0.2) is 48.2 Å². The number of guanidine groups is 1. The fourth-order valence-electron chi connectivity index (χ4n) is 3.04. The summed E-state index contributed by atoms with van der Waals surface area (Å²) in [7, 11) is 0. The van der Waals surface area contributed by atoms with E-state index >= 15 is 0 Å². The average molecular weight is 475 g/mol. The highest BCUT2D eigenvalue weighted by atomic mass is 127. The largest absolute Gasteiger partial charge is 0.466 e. The molecule has 1 aromatic rings. The van der Waals surface area contributed by atoms with Crippen LogP contribution < -0.4 is 5.32 Å². The van der Waals surface area contributed by atoms with Gasteiger partial charge in [0.1, 0.15) is 0 Å². The predicted molar refractivity (Wildman–Crippen MR) is 114 cm³/mol. The van der Waals surface area contributed by atoms with Gasteiger partial charge in [-0.1, -0.05) is 24.3 Å². The van der Waals surface area contributed by atoms with Gasteiger partial charge in [-0.25, -0.2) is 4.99 Å². The van der Waals surface area contributed by atoms with Gasteiger partial charge in [-0.2, -0.15) is 0 Å². The molecule has 0 atom stereocenters. The summed E-state index contributed by atoms with van der Waals surface area (Å²) in [6.07, 6.45) is 1.58. The van der Waals surface area contributed by atoms with Crippen LogP contribution in [0.3, 0.4) is 0 Å². The number of halogens is 1. The zero-order chi connectivity index (χ0) is 18.1. The summed E-state index contributed by atoms with van der Waals surface area (Å²) in [4.78, 5) is 18.8. The van der Waals surface area contributed by atoms with Crippen molar-refractivity contribution >= 4 is 35.9 Å². The molecule has 0 unspecified atom stereocenters. The van der Waals surface area contributed by atoms with Gasteiger partial charge in [0.05, 0.1) is 25.7 Å². The molecular weight excluding hydrogens is 445 g/mol. The summed E-state index contributed by atoms with van der Waals surface area (Å²) in [6, 6.07) is 7.79. The first-order valence-corrected chi connectivity index (χ1v) is 9.07. The van der Waals surface area contributed by atoms with Crippen molar-refractivity contribution in [3.05, 3.63) is 35.4 Å². The Morgan fingerprint density at radius 3 is 2.50 bits per heavy atom. The first kappa shape index (κ1) is 22.7. The number of carbonyl (C=O) groups is 1. The fraction of sp³-hybridized carbons (Fsp3) is 0.579. The summed E-state index contributed by atoms with van der Waals surface area (Å²) in [5.41, 5.74) is 1.94. The van der Waals surface area contributed by atoms with Crippen LogP contribution in [-0.2, 0) is 22.7 Å². The second-order valence-corrected chi connectivity index (χ2v) is 6.11. The molecule has 7 heteroatoms. The lowest BCUT2D eigenvalue weighted by molar-refractivity contribution is -0.149. The van der Waals surface area contributed by atoms with Gasteiger partial charge in [-0.15, -0.1) is 24.0 Å². The second-order valence-electron chi connectivity index (χ2n) is 6.11. The first-order chi connectivity index (χ1) is 12.2. The molecule has 0 radical (unpaired) electrons. The number of hydrogen-bond donors (Lipinski definition) is 2. The number of aliphatic imine (C=N–C) groups is 1. The van der Waals surface area contributed by atoms with Gasteiger partial charge < -0.3 is 20.1 Å². The van der Waals surface area contributed by atoms with Gasteiger partial charge in [-0.05, 0) is 37.8 Å². The van der Waals surface area contributed by atoms with Crippen molar-refractivity contribution in [1.82, 2.24) is 10.2 Å². The van der Waals surface area contributed by atoms with E-state index < -0.39 is 0 Å². The molecule has 6 nitrogen and oxygen atoms in total. The lowest BCUT2D eigenvalue weighted by Crippen LogP contribution is -2.46.